The van der Waals surface area contributed by atoms with Gasteiger partial charge in [-0.2, -0.15) is 0 Å². The molecule has 5 nitrogen and oxygen atoms in total. The minimum Gasteiger partial charge on any atom is -0.481 e. The van der Waals surface area contributed by atoms with E-state index in [2.05, 4.69) is 10.3 Å². The normalized spacial score (nSPS) is 12.3. The Morgan fingerprint density at radius 2 is 2.21 bits per heavy atom. The third kappa shape index (κ3) is 2.93. The molecule has 2 aromatic rings. The zero-order valence-corrected chi connectivity index (χ0v) is 11.2. The Bertz CT molecular complexity index is 583. The molecule has 0 bridgehead atoms. The monoisotopic (exact) mass is 279 g/mol. The first-order valence-electron chi connectivity index (χ1n) is 5.98. The summed E-state index contributed by atoms with van der Waals surface area (Å²) >= 11 is 6.08. The summed E-state index contributed by atoms with van der Waals surface area (Å²) in [7, 11) is 0. The predicted molar refractivity (Wildman–Crippen MR) is 71.2 cm³/mol. The number of hydrogen-bond donors (Lipinski definition) is 1. The van der Waals surface area contributed by atoms with Crippen molar-refractivity contribution in [2.75, 3.05) is 0 Å². The van der Waals surface area contributed by atoms with Gasteiger partial charge in [0.05, 0.1) is 11.9 Å². The number of rotatable bonds is 5. The van der Waals surface area contributed by atoms with Crippen molar-refractivity contribution >= 4 is 17.6 Å². The molecule has 1 aromatic carbocycles. The zero-order valence-electron chi connectivity index (χ0n) is 10.5. The number of hydrogen-bond acceptors (Lipinski definition) is 3. The molecule has 0 saturated carbocycles. The van der Waals surface area contributed by atoms with E-state index < -0.39 is 11.9 Å². The van der Waals surface area contributed by atoms with Crippen LogP contribution < -0.4 is 0 Å². The molecule has 2 rings (SSSR count). The van der Waals surface area contributed by atoms with E-state index in [4.69, 9.17) is 11.6 Å². The van der Waals surface area contributed by atoms with E-state index in [1.54, 1.807) is 10.7 Å². The van der Waals surface area contributed by atoms with E-state index in [0.29, 0.717) is 23.7 Å². The number of carbonyl (C=O) groups is 1. The van der Waals surface area contributed by atoms with Crippen LogP contribution in [0.3, 0.4) is 0 Å². The fourth-order valence-electron chi connectivity index (χ4n) is 1.98. The number of carboxylic acid groups (broad SMARTS) is 1. The molecule has 0 saturated heterocycles. The average Bonchev–Trinajstić information content (AvgIpc) is 2.85. The lowest BCUT2D eigenvalue weighted by molar-refractivity contribution is -0.138. The first-order chi connectivity index (χ1) is 9.13. The van der Waals surface area contributed by atoms with Gasteiger partial charge in [-0.3, -0.25) is 4.79 Å². The summed E-state index contributed by atoms with van der Waals surface area (Å²) in [5.74, 6) is -1.60. The fourth-order valence-corrected chi connectivity index (χ4v) is 2.20. The minimum atomic E-state index is -0.906. The summed E-state index contributed by atoms with van der Waals surface area (Å²) < 4.78 is 1.59. The molecule has 0 amide bonds. The molecule has 1 aromatic heterocycles. The van der Waals surface area contributed by atoms with Gasteiger partial charge >= 0.3 is 5.97 Å². The highest BCUT2D eigenvalue weighted by atomic mass is 35.5. The fraction of sp³-hybridized carbons (Fsp3) is 0.308. The molecule has 0 radical (unpaired) electrons. The Balaban J connectivity index is 2.32. The second-order valence-corrected chi connectivity index (χ2v) is 4.57. The molecule has 1 N–H and O–H groups in total. The van der Waals surface area contributed by atoms with Crippen molar-refractivity contribution in [3.8, 4) is 0 Å². The quantitative estimate of drug-likeness (QED) is 0.912. The lowest BCUT2D eigenvalue weighted by Crippen LogP contribution is -2.19. The van der Waals surface area contributed by atoms with Crippen LogP contribution in [0.5, 0.6) is 0 Å². The van der Waals surface area contributed by atoms with Gasteiger partial charge in [0.2, 0.25) is 0 Å². The summed E-state index contributed by atoms with van der Waals surface area (Å²) in [6, 6.07) is 7.25. The maximum Gasteiger partial charge on any atom is 0.312 e. The SMILES string of the molecule is CCn1nncc1C(Cc1ccccc1Cl)C(=O)O. The molecule has 0 aliphatic rings. The molecule has 1 heterocycles. The van der Waals surface area contributed by atoms with Gasteiger partial charge in [0.25, 0.3) is 0 Å². The van der Waals surface area contributed by atoms with Crippen LogP contribution in [0.25, 0.3) is 0 Å². The highest BCUT2D eigenvalue weighted by Gasteiger charge is 2.25. The molecule has 1 atom stereocenters. The van der Waals surface area contributed by atoms with Gasteiger partial charge in [0.15, 0.2) is 0 Å². The van der Waals surface area contributed by atoms with Crippen molar-refractivity contribution < 1.29 is 9.90 Å². The molecule has 0 spiro atoms. The lowest BCUT2D eigenvalue weighted by Gasteiger charge is -2.14. The van der Waals surface area contributed by atoms with Crippen LogP contribution >= 0.6 is 11.6 Å². The van der Waals surface area contributed by atoms with Crippen molar-refractivity contribution in [3.05, 3.63) is 46.7 Å². The number of aromatic nitrogens is 3. The Labute approximate surface area is 115 Å². The second kappa shape index (κ2) is 5.84. The minimum absolute atomic E-state index is 0.322. The van der Waals surface area contributed by atoms with E-state index in [1.807, 2.05) is 25.1 Å². The number of nitrogens with zero attached hydrogens (tertiary/aromatic N) is 3. The van der Waals surface area contributed by atoms with Crippen molar-refractivity contribution in [3.63, 3.8) is 0 Å². The first kappa shape index (κ1) is 13.5. The summed E-state index contributed by atoms with van der Waals surface area (Å²) in [5.41, 5.74) is 1.40. The van der Waals surface area contributed by atoms with Gasteiger partial charge in [0.1, 0.15) is 5.92 Å². The molecular formula is C13H14ClN3O2. The number of aryl methyl sites for hydroxylation is 1. The van der Waals surface area contributed by atoms with Crippen LogP contribution in [0.2, 0.25) is 5.02 Å². The highest BCUT2D eigenvalue weighted by molar-refractivity contribution is 6.31. The van der Waals surface area contributed by atoms with E-state index in [-0.39, 0.29) is 0 Å². The maximum absolute atomic E-state index is 11.5. The highest BCUT2D eigenvalue weighted by Crippen LogP contribution is 2.25. The summed E-state index contributed by atoms with van der Waals surface area (Å²) in [6.45, 7) is 2.48. The van der Waals surface area contributed by atoms with Crippen LogP contribution in [-0.4, -0.2) is 26.1 Å². The molecule has 100 valence electrons. The Hall–Kier alpha value is -1.88. The molecular weight excluding hydrogens is 266 g/mol. The van der Waals surface area contributed by atoms with Crippen LogP contribution in [0, 0.1) is 0 Å². The van der Waals surface area contributed by atoms with E-state index in [9.17, 15) is 9.90 Å². The Kier molecular flexibility index (Phi) is 4.16. The summed E-state index contributed by atoms with van der Waals surface area (Å²) in [4.78, 5) is 11.5. The van der Waals surface area contributed by atoms with E-state index in [1.165, 1.54) is 6.20 Å². The van der Waals surface area contributed by atoms with Gasteiger partial charge in [-0.25, -0.2) is 4.68 Å². The topological polar surface area (TPSA) is 68.0 Å². The summed E-state index contributed by atoms with van der Waals surface area (Å²) in [5, 5.41) is 17.6. The van der Waals surface area contributed by atoms with Gasteiger partial charge in [0, 0.05) is 11.6 Å². The van der Waals surface area contributed by atoms with Gasteiger partial charge in [-0.1, -0.05) is 35.0 Å². The van der Waals surface area contributed by atoms with E-state index in [0.717, 1.165) is 5.56 Å². The summed E-state index contributed by atoms with van der Waals surface area (Å²) in [6.07, 6.45) is 1.82. The van der Waals surface area contributed by atoms with Gasteiger partial charge in [-0.05, 0) is 25.0 Å². The van der Waals surface area contributed by atoms with Crippen molar-refractivity contribution in [1.29, 1.82) is 0 Å². The predicted octanol–water partition coefficient (Wildman–Crippen LogP) is 2.36. The van der Waals surface area contributed by atoms with Crippen LogP contribution in [0.15, 0.2) is 30.5 Å². The molecule has 1 unspecified atom stereocenters. The molecule has 0 fully saturated rings. The Morgan fingerprint density at radius 1 is 1.47 bits per heavy atom. The Morgan fingerprint density at radius 3 is 2.84 bits per heavy atom. The standard InChI is InChI=1S/C13H14ClN3O2/c1-2-17-12(8-15-16-17)10(13(18)19)7-9-5-3-4-6-11(9)14/h3-6,8,10H,2,7H2,1H3,(H,18,19). The maximum atomic E-state index is 11.5. The van der Waals surface area contributed by atoms with Crippen LogP contribution in [-0.2, 0) is 17.8 Å². The third-order valence-electron chi connectivity index (χ3n) is 2.98. The third-order valence-corrected chi connectivity index (χ3v) is 3.35. The first-order valence-corrected chi connectivity index (χ1v) is 6.35. The second-order valence-electron chi connectivity index (χ2n) is 4.16. The van der Waals surface area contributed by atoms with Crippen LogP contribution in [0.1, 0.15) is 24.1 Å². The van der Waals surface area contributed by atoms with Crippen molar-refractivity contribution in [2.45, 2.75) is 25.8 Å². The van der Waals surface area contributed by atoms with Gasteiger partial charge < -0.3 is 5.11 Å². The van der Waals surface area contributed by atoms with E-state index >= 15 is 0 Å². The molecule has 6 heteroatoms. The number of carboxylic acids is 1. The lowest BCUT2D eigenvalue weighted by atomic mass is 9.96. The van der Waals surface area contributed by atoms with Crippen molar-refractivity contribution in [1.82, 2.24) is 15.0 Å². The average molecular weight is 280 g/mol. The largest absolute Gasteiger partial charge is 0.481 e. The zero-order chi connectivity index (χ0) is 13.8. The van der Waals surface area contributed by atoms with Crippen LogP contribution in [0.4, 0.5) is 0 Å². The smallest absolute Gasteiger partial charge is 0.312 e. The number of aliphatic carboxylic acids is 1. The molecule has 0 aliphatic carbocycles. The molecule has 0 aliphatic heterocycles. The number of benzene rings is 1. The number of halogens is 1. The molecule has 19 heavy (non-hydrogen) atoms. The van der Waals surface area contributed by atoms with Gasteiger partial charge in [-0.15, -0.1) is 5.10 Å². The van der Waals surface area contributed by atoms with Crippen molar-refractivity contribution in [2.24, 2.45) is 0 Å².